The van der Waals surface area contributed by atoms with E-state index in [1.165, 1.54) is 0 Å². The summed E-state index contributed by atoms with van der Waals surface area (Å²) in [5.41, 5.74) is 5.33. The molecule has 1 aromatic heterocycles. The molecular formula is C11H16N4O. The summed E-state index contributed by atoms with van der Waals surface area (Å²) in [5.74, 6) is 1.00. The average molecular weight is 220 g/mol. The van der Waals surface area contributed by atoms with Crippen molar-refractivity contribution in [3.05, 3.63) is 24.4 Å². The summed E-state index contributed by atoms with van der Waals surface area (Å²) in [6.07, 6.45) is 1.78. The number of piperazine rings is 1. The molecule has 0 unspecified atom stereocenters. The smallest absolute Gasteiger partial charge is 0.236 e. The van der Waals surface area contributed by atoms with E-state index in [1.807, 2.05) is 18.2 Å². The Hall–Kier alpha value is -1.62. The summed E-state index contributed by atoms with van der Waals surface area (Å²) in [5, 5.41) is 0. The molecule has 0 aromatic carbocycles. The first-order chi connectivity index (χ1) is 7.81. The summed E-state index contributed by atoms with van der Waals surface area (Å²) in [4.78, 5) is 19.7. The zero-order valence-electron chi connectivity index (χ0n) is 9.17. The fourth-order valence-corrected chi connectivity index (χ4v) is 1.85. The lowest BCUT2D eigenvalue weighted by molar-refractivity contribution is -0.129. The Morgan fingerprint density at radius 1 is 1.31 bits per heavy atom. The minimum atomic E-state index is 0.0284. The molecule has 0 radical (unpaired) electrons. The van der Waals surface area contributed by atoms with Crippen LogP contribution in [-0.2, 0) is 4.79 Å². The first kappa shape index (κ1) is 10.9. The van der Waals surface area contributed by atoms with Crippen LogP contribution in [0.1, 0.15) is 0 Å². The van der Waals surface area contributed by atoms with Crippen LogP contribution in [0.25, 0.3) is 0 Å². The van der Waals surface area contributed by atoms with Crippen LogP contribution in [0.3, 0.4) is 0 Å². The van der Waals surface area contributed by atoms with Crippen LogP contribution in [0.5, 0.6) is 0 Å². The maximum atomic E-state index is 11.4. The third kappa shape index (κ3) is 2.30. The highest BCUT2D eigenvalue weighted by atomic mass is 16.2. The van der Waals surface area contributed by atoms with Crippen LogP contribution >= 0.6 is 0 Å². The van der Waals surface area contributed by atoms with E-state index in [4.69, 9.17) is 5.73 Å². The van der Waals surface area contributed by atoms with Crippen LogP contribution in [0.15, 0.2) is 24.4 Å². The molecule has 1 saturated heterocycles. The van der Waals surface area contributed by atoms with E-state index in [2.05, 4.69) is 9.88 Å². The average Bonchev–Trinajstić information content (AvgIpc) is 2.39. The molecule has 2 rings (SSSR count). The number of nitrogens with zero attached hydrogens (tertiary/aromatic N) is 3. The molecule has 5 nitrogen and oxygen atoms in total. The van der Waals surface area contributed by atoms with E-state index in [0.29, 0.717) is 0 Å². The minimum absolute atomic E-state index is 0.0284. The summed E-state index contributed by atoms with van der Waals surface area (Å²) >= 11 is 0. The fourth-order valence-electron chi connectivity index (χ4n) is 1.85. The van der Waals surface area contributed by atoms with Crippen molar-refractivity contribution < 1.29 is 4.79 Å². The van der Waals surface area contributed by atoms with Crippen LogP contribution < -0.4 is 10.6 Å². The highest BCUT2D eigenvalue weighted by Crippen LogP contribution is 2.12. The Bertz CT molecular complexity index is 346. The topological polar surface area (TPSA) is 62.5 Å². The van der Waals surface area contributed by atoms with Crippen molar-refractivity contribution in [3.8, 4) is 0 Å². The Kier molecular flexibility index (Phi) is 3.36. The number of carbonyl (C=O) groups excluding carboxylic acids is 1. The lowest BCUT2D eigenvalue weighted by atomic mass is 10.3. The van der Waals surface area contributed by atoms with E-state index in [-0.39, 0.29) is 12.5 Å². The fraction of sp³-hybridized carbons (Fsp3) is 0.455. The van der Waals surface area contributed by atoms with Crippen LogP contribution in [0.2, 0.25) is 0 Å². The maximum absolute atomic E-state index is 11.4. The summed E-state index contributed by atoms with van der Waals surface area (Å²) < 4.78 is 0. The van der Waals surface area contributed by atoms with Crippen molar-refractivity contribution in [1.82, 2.24) is 9.88 Å². The molecule has 1 aliphatic heterocycles. The molecule has 0 atom stereocenters. The Labute approximate surface area is 94.9 Å². The second-order valence-corrected chi connectivity index (χ2v) is 3.76. The van der Waals surface area contributed by atoms with Crippen LogP contribution in [0, 0.1) is 0 Å². The highest BCUT2D eigenvalue weighted by molar-refractivity contribution is 5.78. The first-order valence-electron chi connectivity index (χ1n) is 5.45. The monoisotopic (exact) mass is 220 g/mol. The number of hydrogen-bond acceptors (Lipinski definition) is 4. The van der Waals surface area contributed by atoms with Gasteiger partial charge in [-0.15, -0.1) is 0 Å². The van der Waals surface area contributed by atoms with Crippen molar-refractivity contribution in [1.29, 1.82) is 0 Å². The Balaban J connectivity index is 1.93. The molecule has 0 saturated carbocycles. The van der Waals surface area contributed by atoms with Gasteiger partial charge in [-0.05, 0) is 12.1 Å². The van der Waals surface area contributed by atoms with Crippen molar-refractivity contribution in [2.24, 2.45) is 5.73 Å². The van der Waals surface area contributed by atoms with Gasteiger partial charge in [-0.25, -0.2) is 4.98 Å². The molecule has 2 N–H and O–H groups in total. The third-order valence-electron chi connectivity index (χ3n) is 2.78. The largest absolute Gasteiger partial charge is 0.353 e. The van der Waals surface area contributed by atoms with E-state index >= 15 is 0 Å². The second kappa shape index (κ2) is 4.94. The molecule has 0 aliphatic carbocycles. The lowest BCUT2D eigenvalue weighted by Crippen LogP contribution is -2.50. The molecular weight excluding hydrogens is 204 g/mol. The van der Waals surface area contributed by atoms with Crippen LogP contribution in [0.4, 0.5) is 5.82 Å². The molecule has 86 valence electrons. The predicted octanol–water partition coefficient (Wildman–Crippen LogP) is -0.311. The van der Waals surface area contributed by atoms with Gasteiger partial charge >= 0.3 is 0 Å². The van der Waals surface area contributed by atoms with Gasteiger partial charge in [0.15, 0.2) is 0 Å². The number of rotatable bonds is 2. The van der Waals surface area contributed by atoms with Gasteiger partial charge in [0.2, 0.25) is 5.91 Å². The molecule has 5 heteroatoms. The van der Waals surface area contributed by atoms with Gasteiger partial charge in [-0.3, -0.25) is 4.79 Å². The van der Waals surface area contributed by atoms with Gasteiger partial charge in [0.05, 0.1) is 6.54 Å². The number of aromatic nitrogens is 1. The summed E-state index contributed by atoms with van der Waals surface area (Å²) in [6, 6.07) is 5.86. The van der Waals surface area contributed by atoms with Crippen LogP contribution in [-0.4, -0.2) is 48.5 Å². The van der Waals surface area contributed by atoms with E-state index in [9.17, 15) is 4.79 Å². The molecule has 1 amide bonds. The zero-order valence-corrected chi connectivity index (χ0v) is 9.17. The molecule has 16 heavy (non-hydrogen) atoms. The molecule has 1 fully saturated rings. The lowest BCUT2D eigenvalue weighted by Gasteiger charge is -2.35. The normalized spacial score (nSPS) is 16.3. The number of carbonyl (C=O) groups is 1. The first-order valence-corrected chi connectivity index (χ1v) is 5.45. The molecule has 1 aliphatic rings. The van der Waals surface area contributed by atoms with Gasteiger partial charge in [0.25, 0.3) is 0 Å². The summed E-state index contributed by atoms with van der Waals surface area (Å²) in [7, 11) is 0. The predicted molar refractivity (Wildman–Crippen MR) is 62.1 cm³/mol. The maximum Gasteiger partial charge on any atom is 0.236 e. The Morgan fingerprint density at radius 3 is 2.62 bits per heavy atom. The van der Waals surface area contributed by atoms with Crippen molar-refractivity contribution in [2.75, 3.05) is 37.6 Å². The second-order valence-electron chi connectivity index (χ2n) is 3.76. The summed E-state index contributed by atoms with van der Waals surface area (Å²) in [6.45, 7) is 3.20. The number of hydrogen-bond donors (Lipinski definition) is 1. The van der Waals surface area contributed by atoms with Gasteiger partial charge in [0.1, 0.15) is 5.82 Å². The van der Waals surface area contributed by atoms with Gasteiger partial charge in [0, 0.05) is 32.4 Å². The van der Waals surface area contributed by atoms with Crippen molar-refractivity contribution in [2.45, 2.75) is 0 Å². The third-order valence-corrected chi connectivity index (χ3v) is 2.78. The van der Waals surface area contributed by atoms with E-state index in [1.54, 1.807) is 11.1 Å². The zero-order chi connectivity index (χ0) is 11.4. The quantitative estimate of drug-likeness (QED) is 0.742. The standard InChI is InChI=1S/C11H16N4O/c12-9-11(16)15-7-5-14(6-8-15)10-3-1-2-4-13-10/h1-4H,5-9,12H2. The highest BCUT2D eigenvalue weighted by Gasteiger charge is 2.20. The van der Waals surface area contributed by atoms with Crippen molar-refractivity contribution in [3.63, 3.8) is 0 Å². The number of pyridine rings is 1. The van der Waals surface area contributed by atoms with Gasteiger partial charge < -0.3 is 15.5 Å². The van der Waals surface area contributed by atoms with Gasteiger partial charge in [-0.1, -0.05) is 6.07 Å². The van der Waals surface area contributed by atoms with E-state index < -0.39 is 0 Å². The number of amides is 1. The number of nitrogens with two attached hydrogens (primary N) is 1. The van der Waals surface area contributed by atoms with Crippen molar-refractivity contribution >= 4 is 11.7 Å². The molecule has 2 heterocycles. The molecule has 1 aromatic rings. The molecule has 0 spiro atoms. The number of anilines is 1. The minimum Gasteiger partial charge on any atom is -0.353 e. The van der Waals surface area contributed by atoms with Gasteiger partial charge in [-0.2, -0.15) is 0 Å². The Morgan fingerprint density at radius 2 is 2.06 bits per heavy atom. The van der Waals surface area contributed by atoms with E-state index in [0.717, 1.165) is 32.0 Å². The SMILES string of the molecule is NCC(=O)N1CCN(c2ccccn2)CC1. The molecule has 0 bridgehead atoms.